The third-order valence-corrected chi connectivity index (χ3v) is 4.76. The van der Waals surface area contributed by atoms with Gasteiger partial charge in [-0.3, -0.25) is 4.79 Å². The molecule has 5 nitrogen and oxygen atoms in total. The van der Waals surface area contributed by atoms with Gasteiger partial charge in [0.05, 0.1) is 6.04 Å². The Kier molecular flexibility index (Phi) is 5.33. The third-order valence-electron chi connectivity index (χ3n) is 4.76. The number of rotatable bonds is 6. The average molecular weight is 377 g/mol. The zero-order chi connectivity index (χ0) is 19.3. The Morgan fingerprint density at radius 1 is 1.00 bits per heavy atom. The van der Waals surface area contributed by atoms with Gasteiger partial charge in [-0.2, -0.15) is 0 Å². The van der Waals surface area contributed by atoms with Crippen molar-refractivity contribution in [3.05, 3.63) is 72.0 Å². The molecule has 0 bridgehead atoms. The monoisotopic (exact) mass is 377 g/mol. The van der Waals surface area contributed by atoms with Crippen molar-refractivity contribution in [2.75, 3.05) is 13.2 Å². The highest BCUT2D eigenvalue weighted by Crippen LogP contribution is 2.32. The number of benzene rings is 2. The molecule has 1 unspecified atom stereocenters. The van der Waals surface area contributed by atoms with Crippen LogP contribution in [0.4, 0.5) is 0 Å². The maximum absolute atomic E-state index is 12.4. The summed E-state index contributed by atoms with van der Waals surface area (Å²) in [7, 11) is 0. The predicted octanol–water partition coefficient (Wildman–Crippen LogP) is 4.53. The summed E-state index contributed by atoms with van der Waals surface area (Å²) < 4.78 is 17.0. The van der Waals surface area contributed by atoms with Crippen molar-refractivity contribution < 1.29 is 18.7 Å². The van der Waals surface area contributed by atoms with E-state index in [-0.39, 0.29) is 11.9 Å². The number of carbonyl (C=O) groups excluding carboxylic acids is 1. The maximum atomic E-state index is 12.4. The van der Waals surface area contributed by atoms with E-state index in [0.717, 1.165) is 34.1 Å². The first-order chi connectivity index (χ1) is 13.7. The number of hydrogen-bond donors (Lipinski definition) is 1. The van der Waals surface area contributed by atoms with Gasteiger partial charge in [-0.15, -0.1) is 0 Å². The minimum atomic E-state index is -0.111. The molecule has 0 radical (unpaired) electrons. The number of ether oxygens (including phenoxy) is 2. The van der Waals surface area contributed by atoms with Crippen LogP contribution in [0.5, 0.6) is 11.5 Å². The first-order valence-electron chi connectivity index (χ1n) is 9.52. The van der Waals surface area contributed by atoms with Crippen LogP contribution in [-0.2, 0) is 11.2 Å². The number of nitrogens with one attached hydrogen (secondary N) is 1. The molecule has 0 spiro atoms. The van der Waals surface area contributed by atoms with Gasteiger partial charge in [0.2, 0.25) is 5.91 Å². The molecule has 1 atom stereocenters. The summed E-state index contributed by atoms with van der Waals surface area (Å²) in [6.07, 6.45) is 0.934. The van der Waals surface area contributed by atoms with Crippen LogP contribution in [0.2, 0.25) is 0 Å². The molecule has 5 heteroatoms. The second-order valence-electron chi connectivity index (χ2n) is 6.82. The number of aryl methyl sites for hydroxylation is 1. The Bertz CT molecular complexity index is 948. The largest absolute Gasteiger partial charge is 0.486 e. The van der Waals surface area contributed by atoms with Gasteiger partial charge in [-0.25, -0.2) is 0 Å². The Hall–Kier alpha value is -3.21. The lowest BCUT2D eigenvalue weighted by Crippen LogP contribution is -2.27. The van der Waals surface area contributed by atoms with Gasteiger partial charge in [0.25, 0.3) is 0 Å². The molecule has 1 amide bonds. The van der Waals surface area contributed by atoms with Crippen LogP contribution in [0, 0.1) is 0 Å². The lowest BCUT2D eigenvalue weighted by Gasteiger charge is -2.21. The number of furan rings is 1. The highest BCUT2D eigenvalue weighted by molar-refractivity contribution is 5.76. The second kappa shape index (κ2) is 8.21. The van der Waals surface area contributed by atoms with Crippen molar-refractivity contribution in [3.8, 4) is 22.8 Å². The van der Waals surface area contributed by atoms with E-state index in [2.05, 4.69) is 5.32 Å². The fraction of sp³-hybridized carbons (Fsp3) is 0.261. The van der Waals surface area contributed by atoms with E-state index in [1.165, 1.54) is 0 Å². The van der Waals surface area contributed by atoms with Crippen LogP contribution in [0.3, 0.4) is 0 Å². The third kappa shape index (κ3) is 4.19. The molecule has 1 aromatic heterocycles. The van der Waals surface area contributed by atoms with Crippen molar-refractivity contribution in [3.63, 3.8) is 0 Å². The SMILES string of the molecule is CC(NC(=O)CCc1ccc(-c2ccccc2)o1)c1ccc2c(c1)OCCO2. The van der Waals surface area contributed by atoms with Gasteiger partial charge in [-0.1, -0.05) is 36.4 Å². The lowest BCUT2D eigenvalue weighted by atomic mass is 10.1. The highest BCUT2D eigenvalue weighted by Gasteiger charge is 2.16. The van der Waals surface area contributed by atoms with Crippen molar-refractivity contribution in [1.29, 1.82) is 0 Å². The molecular weight excluding hydrogens is 354 g/mol. The van der Waals surface area contributed by atoms with E-state index < -0.39 is 0 Å². The molecule has 2 heterocycles. The van der Waals surface area contributed by atoms with Crippen molar-refractivity contribution in [2.24, 2.45) is 0 Å². The first-order valence-corrected chi connectivity index (χ1v) is 9.52. The minimum absolute atomic E-state index is 0.0138. The van der Waals surface area contributed by atoms with Crippen LogP contribution in [0.1, 0.15) is 30.7 Å². The summed E-state index contributed by atoms with van der Waals surface area (Å²) in [6, 6.07) is 19.5. The van der Waals surface area contributed by atoms with Gasteiger partial charge < -0.3 is 19.2 Å². The Morgan fingerprint density at radius 3 is 2.61 bits per heavy atom. The fourth-order valence-electron chi connectivity index (χ4n) is 3.23. The van der Waals surface area contributed by atoms with E-state index in [9.17, 15) is 4.79 Å². The summed E-state index contributed by atoms with van der Waals surface area (Å²) in [4.78, 5) is 12.4. The molecule has 0 saturated heterocycles. The van der Waals surface area contributed by atoms with E-state index >= 15 is 0 Å². The van der Waals surface area contributed by atoms with Crippen LogP contribution < -0.4 is 14.8 Å². The lowest BCUT2D eigenvalue weighted by molar-refractivity contribution is -0.121. The van der Waals surface area contributed by atoms with Crippen molar-refractivity contribution >= 4 is 5.91 Å². The predicted molar refractivity (Wildman–Crippen MR) is 106 cm³/mol. The van der Waals surface area contributed by atoms with Crippen LogP contribution in [-0.4, -0.2) is 19.1 Å². The van der Waals surface area contributed by atoms with E-state index in [4.69, 9.17) is 13.9 Å². The maximum Gasteiger partial charge on any atom is 0.220 e. The summed E-state index contributed by atoms with van der Waals surface area (Å²) >= 11 is 0. The van der Waals surface area contributed by atoms with Gasteiger partial charge in [-0.05, 0) is 36.8 Å². The van der Waals surface area contributed by atoms with Crippen molar-refractivity contribution in [2.45, 2.75) is 25.8 Å². The van der Waals surface area contributed by atoms with E-state index in [1.54, 1.807) is 0 Å². The molecule has 1 aliphatic rings. The van der Waals surface area contributed by atoms with Gasteiger partial charge in [0.1, 0.15) is 24.7 Å². The van der Waals surface area contributed by atoms with Gasteiger partial charge in [0, 0.05) is 18.4 Å². The molecule has 0 aliphatic carbocycles. The Morgan fingerprint density at radius 2 is 1.79 bits per heavy atom. The molecule has 1 aliphatic heterocycles. The molecule has 144 valence electrons. The van der Waals surface area contributed by atoms with Crippen LogP contribution in [0.15, 0.2) is 65.1 Å². The molecule has 28 heavy (non-hydrogen) atoms. The normalized spacial score (nSPS) is 13.8. The smallest absolute Gasteiger partial charge is 0.220 e. The first kappa shape index (κ1) is 18.2. The molecule has 0 fully saturated rings. The average Bonchev–Trinajstić information content (AvgIpc) is 3.22. The molecule has 3 aromatic rings. The van der Waals surface area contributed by atoms with Crippen LogP contribution >= 0.6 is 0 Å². The molecule has 2 aromatic carbocycles. The number of amides is 1. The zero-order valence-corrected chi connectivity index (χ0v) is 15.8. The van der Waals surface area contributed by atoms with Crippen molar-refractivity contribution in [1.82, 2.24) is 5.32 Å². The standard InChI is InChI=1S/C23H23NO4/c1-16(18-7-10-21-22(15-18)27-14-13-26-21)24-23(25)12-9-19-8-11-20(28-19)17-5-3-2-4-6-17/h2-8,10-11,15-16H,9,12-14H2,1H3,(H,24,25). The summed E-state index contributed by atoms with van der Waals surface area (Å²) in [5, 5.41) is 3.03. The summed E-state index contributed by atoms with van der Waals surface area (Å²) in [5.41, 5.74) is 2.02. The highest BCUT2D eigenvalue weighted by atomic mass is 16.6. The Labute approximate surface area is 164 Å². The van der Waals surface area contributed by atoms with Gasteiger partial charge in [0.15, 0.2) is 11.5 Å². The summed E-state index contributed by atoms with van der Waals surface area (Å²) in [6.45, 7) is 3.08. The summed E-state index contributed by atoms with van der Waals surface area (Å²) in [5.74, 6) is 3.09. The number of fused-ring (bicyclic) bond motifs is 1. The molecular formula is C23H23NO4. The number of carbonyl (C=O) groups is 1. The topological polar surface area (TPSA) is 60.7 Å². The minimum Gasteiger partial charge on any atom is -0.486 e. The molecule has 1 N–H and O–H groups in total. The van der Waals surface area contributed by atoms with Crippen LogP contribution in [0.25, 0.3) is 11.3 Å². The Balaban J connectivity index is 1.31. The quantitative estimate of drug-likeness (QED) is 0.686. The van der Waals surface area contributed by atoms with E-state index in [1.807, 2.05) is 67.6 Å². The van der Waals surface area contributed by atoms with E-state index in [0.29, 0.717) is 26.1 Å². The molecule has 0 saturated carbocycles. The fourth-order valence-corrected chi connectivity index (χ4v) is 3.23. The second-order valence-corrected chi connectivity index (χ2v) is 6.82. The number of hydrogen-bond acceptors (Lipinski definition) is 4. The van der Waals surface area contributed by atoms with Gasteiger partial charge >= 0.3 is 0 Å². The zero-order valence-electron chi connectivity index (χ0n) is 15.8. The molecule has 4 rings (SSSR count).